The highest BCUT2D eigenvalue weighted by atomic mass is 32.2. The van der Waals surface area contributed by atoms with Crippen molar-refractivity contribution in [3.8, 4) is 0 Å². The van der Waals surface area contributed by atoms with Crippen molar-refractivity contribution in [3.05, 3.63) is 36.0 Å². The van der Waals surface area contributed by atoms with E-state index in [1.54, 1.807) is 0 Å². The highest BCUT2D eigenvalue weighted by Crippen LogP contribution is 2.23. The monoisotopic (exact) mass is 302 g/mol. The molecule has 2 aromatic rings. The predicted molar refractivity (Wildman–Crippen MR) is 94.3 cm³/mol. The summed E-state index contributed by atoms with van der Waals surface area (Å²) in [6.45, 7) is 2.30. The zero-order valence-electron chi connectivity index (χ0n) is 13.0. The molecule has 0 atom stereocenters. The molecule has 1 aliphatic rings. The van der Waals surface area contributed by atoms with Crippen molar-refractivity contribution in [2.24, 2.45) is 0 Å². The van der Waals surface area contributed by atoms with Gasteiger partial charge < -0.3 is 9.88 Å². The summed E-state index contributed by atoms with van der Waals surface area (Å²) in [5.41, 5.74) is 2.93. The lowest BCUT2D eigenvalue weighted by Crippen LogP contribution is -2.17. The molecule has 114 valence electrons. The first-order chi connectivity index (χ1) is 10.4. The number of nitrogens with zero attached hydrogens (tertiary/aromatic N) is 1. The lowest BCUT2D eigenvalue weighted by atomic mass is 10.1. The lowest BCUT2D eigenvalue weighted by molar-refractivity contribution is 0.644. The van der Waals surface area contributed by atoms with Gasteiger partial charge in [0.2, 0.25) is 0 Å². The molecule has 0 aliphatic heterocycles. The third-order valence-electron chi connectivity index (χ3n) is 4.25. The minimum atomic E-state index is 0.831. The Balaban J connectivity index is 1.65. The Morgan fingerprint density at radius 3 is 2.90 bits per heavy atom. The van der Waals surface area contributed by atoms with Gasteiger partial charge in [0, 0.05) is 29.7 Å². The molecule has 1 heterocycles. The van der Waals surface area contributed by atoms with Crippen molar-refractivity contribution >= 4 is 22.7 Å². The zero-order valence-corrected chi connectivity index (χ0v) is 13.8. The fraction of sp³-hybridized carbons (Fsp3) is 0.556. The van der Waals surface area contributed by atoms with E-state index in [-0.39, 0.29) is 0 Å². The van der Waals surface area contributed by atoms with Gasteiger partial charge >= 0.3 is 0 Å². The van der Waals surface area contributed by atoms with Gasteiger partial charge in [-0.2, -0.15) is 11.8 Å². The van der Waals surface area contributed by atoms with E-state index in [9.17, 15) is 0 Å². The van der Waals surface area contributed by atoms with Crippen LogP contribution in [-0.4, -0.2) is 29.2 Å². The summed E-state index contributed by atoms with van der Waals surface area (Å²) in [4.78, 5) is 0. The Bertz CT molecular complexity index is 572. The minimum Gasteiger partial charge on any atom is -0.347 e. The van der Waals surface area contributed by atoms with Gasteiger partial charge in [0.1, 0.15) is 0 Å². The van der Waals surface area contributed by atoms with Gasteiger partial charge in [-0.3, -0.25) is 0 Å². The predicted octanol–water partition coefficient (Wildman–Crippen LogP) is 4.08. The molecular formula is C18H26N2S. The molecule has 2 nitrogen and oxygen atoms in total. The van der Waals surface area contributed by atoms with Crippen LogP contribution in [0.3, 0.4) is 0 Å². The molecule has 1 fully saturated rings. The van der Waals surface area contributed by atoms with Crippen LogP contribution in [0.15, 0.2) is 30.5 Å². The highest BCUT2D eigenvalue weighted by Gasteiger charge is 2.19. The lowest BCUT2D eigenvalue weighted by Gasteiger charge is -2.03. The van der Waals surface area contributed by atoms with Crippen molar-refractivity contribution in [2.45, 2.75) is 44.7 Å². The van der Waals surface area contributed by atoms with E-state index in [1.807, 2.05) is 11.8 Å². The van der Waals surface area contributed by atoms with Crippen LogP contribution in [0.25, 0.3) is 10.9 Å². The number of aromatic nitrogens is 1. The van der Waals surface area contributed by atoms with E-state index < -0.39 is 0 Å². The van der Waals surface area contributed by atoms with Crippen molar-refractivity contribution < 1.29 is 0 Å². The summed E-state index contributed by atoms with van der Waals surface area (Å²) in [7, 11) is 0. The van der Waals surface area contributed by atoms with Crippen molar-refractivity contribution in [3.63, 3.8) is 0 Å². The topological polar surface area (TPSA) is 17.0 Å². The molecule has 3 rings (SSSR count). The Hall–Kier alpha value is -0.930. The van der Waals surface area contributed by atoms with E-state index in [0.29, 0.717) is 0 Å². The second-order valence-corrected chi connectivity index (χ2v) is 7.03. The van der Waals surface area contributed by atoms with Gasteiger partial charge in [0.05, 0.1) is 0 Å². The summed E-state index contributed by atoms with van der Waals surface area (Å²) in [5.74, 6) is 1.24. The highest BCUT2D eigenvalue weighted by molar-refractivity contribution is 7.98. The number of fused-ring (bicyclic) bond motifs is 1. The summed E-state index contributed by atoms with van der Waals surface area (Å²) >= 11 is 1.94. The van der Waals surface area contributed by atoms with Crippen LogP contribution in [0.1, 0.15) is 31.2 Å². The first-order valence-electron chi connectivity index (χ1n) is 8.17. The van der Waals surface area contributed by atoms with Crippen LogP contribution < -0.4 is 5.32 Å². The third kappa shape index (κ3) is 4.04. The zero-order chi connectivity index (χ0) is 14.5. The average Bonchev–Trinajstić information content (AvgIpc) is 3.27. The van der Waals surface area contributed by atoms with Crippen LogP contribution in [-0.2, 0) is 13.0 Å². The summed E-state index contributed by atoms with van der Waals surface area (Å²) in [5, 5.41) is 5.07. The van der Waals surface area contributed by atoms with Crippen molar-refractivity contribution in [2.75, 3.05) is 18.6 Å². The van der Waals surface area contributed by atoms with Gasteiger partial charge in [-0.1, -0.05) is 18.2 Å². The molecule has 1 saturated carbocycles. The minimum absolute atomic E-state index is 0.831. The second-order valence-electron chi connectivity index (χ2n) is 6.04. The first-order valence-corrected chi connectivity index (χ1v) is 9.57. The van der Waals surface area contributed by atoms with Gasteiger partial charge in [0.15, 0.2) is 0 Å². The normalized spacial score (nSPS) is 14.9. The molecule has 3 heteroatoms. The van der Waals surface area contributed by atoms with Crippen molar-refractivity contribution in [1.82, 2.24) is 9.88 Å². The number of hydrogen-bond donors (Lipinski definition) is 1. The number of rotatable bonds is 9. The number of hydrogen-bond acceptors (Lipinski definition) is 2. The van der Waals surface area contributed by atoms with Crippen LogP contribution in [0.5, 0.6) is 0 Å². The maximum Gasteiger partial charge on any atom is 0.0483 e. The van der Waals surface area contributed by atoms with Gasteiger partial charge in [-0.05, 0) is 62.3 Å². The second kappa shape index (κ2) is 7.37. The summed E-state index contributed by atoms with van der Waals surface area (Å²) in [6, 6.07) is 9.70. The van der Waals surface area contributed by atoms with Crippen LogP contribution in [0.4, 0.5) is 0 Å². The average molecular weight is 302 g/mol. The van der Waals surface area contributed by atoms with Crippen molar-refractivity contribution in [1.29, 1.82) is 0 Å². The van der Waals surface area contributed by atoms with Crippen LogP contribution >= 0.6 is 11.8 Å². The van der Waals surface area contributed by atoms with Gasteiger partial charge in [-0.15, -0.1) is 0 Å². The molecule has 1 aromatic carbocycles. The number of benzene rings is 1. The molecule has 1 aromatic heterocycles. The van der Waals surface area contributed by atoms with Crippen LogP contribution in [0.2, 0.25) is 0 Å². The molecule has 1 N–H and O–H groups in total. The molecular weight excluding hydrogens is 276 g/mol. The van der Waals surface area contributed by atoms with E-state index in [2.05, 4.69) is 46.6 Å². The SMILES string of the molecule is CSCCCn1cc(CCCNC2CC2)c2ccccc21. The maximum absolute atomic E-state index is 3.61. The number of para-hydroxylation sites is 1. The van der Waals surface area contributed by atoms with Gasteiger partial charge in [0.25, 0.3) is 0 Å². The molecule has 0 bridgehead atoms. The molecule has 0 unspecified atom stereocenters. The van der Waals surface area contributed by atoms with E-state index in [1.165, 1.54) is 54.3 Å². The Kier molecular flexibility index (Phi) is 5.26. The number of thioether (sulfide) groups is 1. The largest absolute Gasteiger partial charge is 0.347 e. The molecule has 0 amide bonds. The maximum atomic E-state index is 3.61. The first kappa shape index (κ1) is 15.0. The molecule has 0 radical (unpaired) electrons. The smallest absolute Gasteiger partial charge is 0.0483 e. The quantitative estimate of drug-likeness (QED) is 0.703. The fourth-order valence-electron chi connectivity index (χ4n) is 2.96. The Labute approximate surface area is 132 Å². The van der Waals surface area contributed by atoms with Gasteiger partial charge in [-0.25, -0.2) is 0 Å². The number of aryl methyl sites for hydroxylation is 2. The molecule has 0 saturated heterocycles. The standard InChI is InChI=1S/C18H26N2S/c1-21-13-5-12-20-14-15(6-4-11-19-16-9-10-16)17-7-2-3-8-18(17)20/h2-3,7-8,14,16,19H,4-6,9-13H2,1H3. The Morgan fingerprint density at radius 1 is 1.24 bits per heavy atom. The van der Waals surface area contributed by atoms with Crippen LogP contribution in [0, 0.1) is 0 Å². The third-order valence-corrected chi connectivity index (χ3v) is 4.95. The van der Waals surface area contributed by atoms with E-state index >= 15 is 0 Å². The fourth-order valence-corrected chi connectivity index (χ4v) is 3.38. The Morgan fingerprint density at radius 2 is 2.10 bits per heavy atom. The van der Waals surface area contributed by atoms with E-state index in [0.717, 1.165) is 19.1 Å². The van der Waals surface area contributed by atoms with E-state index in [4.69, 9.17) is 0 Å². The summed E-state index contributed by atoms with van der Waals surface area (Å²) < 4.78 is 2.45. The molecule has 0 spiro atoms. The summed E-state index contributed by atoms with van der Waals surface area (Å²) in [6.07, 6.45) is 11.0. The molecule has 1 aliphatic carbocycles. The molecule has 21 heavy (non-hydrogen) atoms. The number of nitrogens with one attached hydrogen (secondary N) is 1.